The first-order chi connectivity index (χ1) is 5.61. The zero-order chi connectivity index (χ0) is 9.56. The van der Waals surface area contributed by atoms with Crippen molar-refractivity contribution in [3.05, 3.63) is 11.8 Å². The molecule has 4 heteroatoms. The highest BCUT2D eigenvalue weighted by atomic mass is 16.5. The van der Waals surface area contributed by atoms with Crippen molar-refractivity contribution >= 4 is 12.3 Å². The van der Waals surface area contributed by atoms with Crippen molar-refractivity contribution in [3.8, 4) is 0 Å². The smallest absolute Gasteiger partial charge is 0.342 e. The molecular formula is C8H13NO3. The van der Waals surface area contributed by atoms with E-state index in [4.69, 9.17) is 0 Å². The molecule has 0 spiro atoms. The molecule has 0 aromatic heterocycles. The molecule has 0 aliphatic carbocycles. The summed E-state index contributed by atoms with van der Waals surface area (Å²) in [5.74, 6) is -0.582. The van der Waals surface area contributed by atoms with Crippen LogP contribution in [0.15, 0.2) is 11.8 Å². The van der Waals surface area contributed by atoms with Crippen molar-refractivity contribution < 1.29 is 14.3 Å². The van der Waals surface area contributed by atoms with Gasteiger partial charge in [0, 0.05) is 20.3 Å². The number of hydrogen-bond donors (Lipinski definition) is 0. The first-order valence-electron chi connectivity index (χ1n) is 3.62. The Morgan fingerprint density at radius 1 is 1.50 bits per heavy atom. The minimum Gasteiger partial charge on any atom is -0.462 e. The summed E-state index contributed by atoms with van der Waals surface area (Å²) >= 11 is 0. The van der Waals surface area contributed by atoms with Gasteiger partial charge in [-0.1, -0.05) is 0 Å². The molecule has 0 unspecified atom stereocenters. The maximum absolute atomic E-state index is 11.0. The van der Waals surface area contributed by atoms with E-state index in [2.05, 4.69) is 4.74 Å². The second kappa shape index (κ2) is 5.35. The SMILES string of the molecule is CCOC(=O)/C(C=O)=C/N(C)C. The lowest BCUT2D eigenvalue weighted by atomic mass is 10.3. The zero-order valence-electron chi connectivity index (χ0n) is 7.53. The Morgan fingerprint density at radius 2 is 2.08 bits per heavy atom. The number of carbonyl (C=O) groups excluding carboxylic acids is 2. The molecule has 0 fully saturated rings. The van der Waals surface area contributed by atoms with Crippen LogP contribution in [0, 0.1) is 0 Å². The van der Waals surface area contributed by atoms with Gasteiger partial charge in [0.25, 0.3) is 0 Å². The van der Waals surface area contributed by atoms with Crippen LogP contribution in [0.5, 0.6) is 0 Å². The second-order valence-electron chi connectivity index (χ2n) is 2.39. The molecule has 0 aromatic rings. The molecule has 0 N–H and O–H groups in total. The average Bonchev–Trinajstić information content (AvgIpc) is 2.00. The molecule has 0 saturated heterocycles. The molecule has 0 bridgehead atoms. The molecule has 0 aliphatic heterocycles. The standard InChI is InChI=1S/C8H13NO3/c1-4-12-8(11)7(6-10)5-9(2)3/h5-6H,4H2,1-3H3/b7-5+. The largest absolute Gasteiger partial charge is 0.462 e. The van der Waals surface area contributed by atoms with Crippen molar-refractivity contribution in [2.75, 3.05) is 20.7 Å². The third-order valence-corrected chi connectivity index (χ3v) is 1.04. The number of carbonyl (C=O) groups is 2. The van der Waals surface area contributed by atoms with Crippen LogP contribution < -0.4 is 0 Å². The summed E-state index contributed by atoms with van der Waals surface area (Å²) in [6, 6.07) is 0. The molecule has 68 valence electrons. The summed E-state index contributed by atoms with van der Waals surface area (Å²) in [6.07, 6.45) is 1.91. The fourth-order valence-electron chi connectivity index (χ4n) is 0.624. The van der Waals surface area contributed by atoms with E-state index in [0.29, 0.717) is 6.29 Å². The van der Waals surface area contributed by atoms with Crippen LogP contribution >= 0.6 is 0 Å². The molecule has 0 saturated carbocycles. The number of aldehydes is 1. The number of esters is 1. The number of rotatable bonds is 4. The van der Waals surface area contributed by atoms with Gasteiger partial charge in [0.2, 0.25) is 0 Å². The first-order valence-corrected chi connectivity index (χ1v) is 3.62. The minimum atomic E-state index is -0.582. The summed E-state index contributed by atoms with van der Waals surface area (Å²) in [5, 5.41) is 0. The summed E-state index contributed by atoms with van der Waals surface area (Å²) in [7, 11) is 3.45. The zero-order valence-corrected chi connectivity index (χ0v) is 7.53. The molecule has 0 amide bonds. The third kappa shape index (κ3) is 3.75. The average molecular weight is 171 g/mol. The number of hydrogen-bond acceptors (Lipinski definition) is 4. The predicted molar refractivity (Wildman–Crippen MR) is 44.5 cm³/mol. The van der Waals surface area contributed by atoms with E-state index in [1.807, 2.05) is 0 Å². The summed E-state index contributed by atoms with van der Waals surface area (Å²) in [5.41, 5.74) is 0.0295. The quantitative estimate of drug-likeness (QED) is 0.199. The molecule has 0 aromatic carbocycles. The third-order valence-electron chi connectivity index (χ3n) is 1.04. The number of nitrogens with zero attached hydrogens (tertiary/aromatic N) is 1. The Hall–Kier alpha value is -1.32. The van der Waals surface area contributed by atoms with E-state index in [-0.39, 0.29) is 12.2 Å². The van der Waals surface area contributed by atoms with Crippen LogP contribution in [0.1, 0.15) is 6.92 Å². The van der Waals surface area contributed by atoms with Gasteiger partial charge in [-0.3, -0.25) is 4.79 Å². The van der Waals surface area contributed by atoms with Gasteiger partial charge in [0.15, 0.2) is 6.29 Å². The maximum atomic E-state index is 11.0. The normalized spacial score (nSPS) is 10.8. The summed E-state index contributed by atoms with van der Waals surface area (Å²) < 4.78 is 4.63. The van der Waals surface area contributed by atoms with Crippen LogP contribution in [-0.4, -0.2) is 37.9 Å². The van der Waals surface area contributed by atoms with E-state index in [9.17, 15) is 9.59 Å². The Bertz CT molecular complexity index is 196. The fraction of sp³-hybridized carbons (Fsp3) is 0.500. The van der Waals surface area contributed by atoms with Crippen molar-refractivity contribution in [2.45, 2.75) is 6.92 Å². The molecule has 12 heavy (non-hydrogen) atoms. The Morgan fingerprint density at radius 3 is 2.42 bits per heavy atom. The second-order valence-corrected chi connectivity index (χ2v) is 2.39. The van der Waals surface area contributed by atoms with E-state index in [0.717, 1.165) is 0 Å². The van der Waals surface area contributed by atoms with E-state index < -0.39 is 5.97 Å². The summed E-state index contributed by atoms with van der Waals surface area (Å²) in [4.78, 5) is 22.9. The highest BCUT2D eigenvalue weighted by Crippen LogP contribution is 1.95. The van der Waals surface area contributed by atoms with Crippen LogP contribution in [0.2, 0.25) is 0 Å². The Balaban J connectivity index is 4.34. The van der Waals surface area contributed by atoms with Crippen LogP contribution in [0.25, 0.3) is 0 Å². The molecule has 0 heterocycles. The van der Waals surface area contributed by atoms with Crippen LogP contribution in [0.3, 0.4) is 0 Å². The van der Waals surface area contributed by atoms with Crippen molar-refractivity contribution in [1.82, 2.24) is 4.90 Å². The van der Waals surface area contributed by atoms with Gasteiger partial charge in [-0.2, -0.15) is 0 Å². The van der Waals surface area contributed by atoms with Gasteiger partial charge >= 0.3 is 5.97 Å². The number of ether oxygens (including phenoxy) is 1. The van der Waals surface area contributed by atoms with Gasteiger partial charge in [-0.05, 0) is 6.92 Å². The minimum absolute atomic E-state index is 0.0295. The molecule has 0 radical (unpaired) electrons. The predicted octanol–water partition coefficient (Wildman–Crippen LogP) is 0.194. The van der Waals surface area contributed by atoms with Crippen molar-refractivity contribution in [1.29, 1.82) is 0 Å². The molecular weight excluding hydrogens is 158 g/mol. The molecule has 4 nitrogen and oxygen atoms in total. The van der Waals surface area contributed by atoms with Gasteiger partial charge in [-0.15, -0.1) is 0 Å². The molecule has 0 rings (SSSR count). The lowest BCUT2D eigenvalue weighted by Gasteiger charge is -2.06. The monoisotopic (exact) mass is 171 g/mol. The van der Waals surface area contributed by atoms with Gasteiger partial charge in [-0.25, -0.2) is 4.79 Å². The van der Waals surface area contributed by atoms with E-state index in [1.165, 1.54) is 6.20 Å². The van der Waals surface area contributed by atoms with Gasteiger partial charge in [0.05, 0.1) is 6.61 Å². The lowest BCUT2D eigenvalue weighted by molar-refractivity contribution is -0.139. The Kier molecular flexibility index (Phi) is 4.76. The fourth-order valence-corrected chi connectivity index (χ4v) is 0.624. The van der Waals surface area contributed by atoms with Crippen molar-refractivity contribution in [2.24, 2.45) is 0 Å². The van der Waals surface area contributed by atoms with Gasteiger partial charge in [0.1, 0.15) is 5.57 Å². The highest BCUT2D eigenvalue weighted by molar-refractivity contribution is 6.07. The Labute approximate surface area is 71.8 Å². The maximum Gasteiger partial charge on any atom is 0.342 e. The van der Waals surface area contributed by atoms with Crippen LogP contribution in [-0.2, 0) is 14.3 Å². The van der Waals surface area contributed by atoms with E-state index in [1.54, 1.807) is 25.9 Å². The highest BCUT2D eigenvalue weighted by Gasteiger charge is 2.08. The topological polar surface area (TPSA) is 46.6 Å². The molecule has 0 aliphatic rings. The molecule has 0 atom stereocenters. The first kappa shape index (κ1) is 10.7. The van der Waals surface area contributed by atoms with E-state index >= 15 is 0 Å². The summed E-state index contributed by atoms with van der Waals surface area (Å²) in [6.45, 7) is 1.97. The van der Waals surface area contributed by atoms with Gasteiger partial charge < -0.3 is 9.64 Å². The van der Waals surface area contributed by atoms with Crippen molar-refractivity contribution in [3.63, 3.8) is 0 Å². The lowest BCUT2D eigenvalue weighted by Crippen LogP contribution is -2.13. The van der Waals surface area contributed by atoms with Crippen LogP contribution in [0.4, 0.5) is 0 Å².